The third-order valence-electron chi connectivity index (χ3n) is 8.44. The van der Waals surface area contributed by atoms with E-state index in [4.69, 9.17) is 4.65 Å². The van der Waals surface area contributed by atoms with E-state index in [9.17, 15) is 5.02 Å². The Balaban J connectivity index is 1.43. The molecule has 3 heteroatoms. The van der Waals surface area contributed by atoms with Crippen molar-refractivity contribution >= 4 is 7.12 Å². The maximum absolute atomic E-state index is 11.0. The zero-order chi connectivity index (χ0) is 18.7. The van der Waals surface area contributed by atoms with Crippen LogP contribution in [0.3, 0.4) is 0 Å². The first-order valence-electron chi connectivity index (χ1n) is 10.5. The van der Waals surface area contributed by atoms with E-state index in [0.29, 0.717) is 0 Å². The molecular formula is C26H15BO2. The first-order chi connectivity index (χ1) is 14.3. The van der Waals surface area contributed by atoms with Gasteiger partial charge in [-0.15, -0.1) is 0 Å². The summed E-state index contributed by atoms with van der Waals surface area (Å²) < 4.78 is 6.18. The summed E-state index contributed by atoms with van der Waals surface area (Å²) in [7, 11) is -0.854. The summed E-state index contributed by atoms with van der Waals surface area (Å²) in [6.07, 6.45) is 6.45. The number of rotatable bonds is 0. The van der Waals surface area contributed by atoms with Crippen LogP contribution < -0.4 is 0 Å². The van der Waals surface area contributed by atoms with E-state index in [0.717, 1.165) is 24.1 Å². The Morgan fingerprint density at radius 1 is 0.759 bits per heavy atom. The molecule has 1 aliphatic heterocycles. The molecule has 1 heterocycles. The van der Waals surface area contributed by atoms with Crippen molar-refractivity contribution < 1.29 is 9.68 Å². The van der Waals surface area contributed by atoms with Gasteiger partial charge in [0.05, 0.1) is 11.2 Å². The Hall–Kier alpha value is -3.04. The summed E-state index contributed by atoms with van der Waals surface area (Å²) in [6, 6.07) is 17.7. The molecular weight excluding hydrogens is 355 g/mol. The number of fused-ring (bicyclic) bond motifs is 2. The van der Waals surface area contributed by atoms with E-state index in [2.05, 4.69) is 60.7 Å². The van der Waals surface area contributed by atoms with E-state index >= 15 is 0 Å². The number of allylic oxidation sites excluding steroid dienone is 8. The lowest BCUT2D eigenvalue weighted by Gasteiger charge is -2.77. The van der Waals surface area contributed by atoms with Crippen LogP contribution in [-0.2, 0) is 28.3 Å². The lowest BCUT2D eigenvalue weighted by atomic mass is 9.23. The fourth-order valence-corrected chi connectivity index (χ4v) is 7.66. The van der Waals surface area contributed by atoms with E-state index < -0.39 is 7.12 Å². The number of benzene rings is 2. The topological polar surface area (TPSA) is 29.5 Å². The second-order valence-electron chi connectivity index (χ2n) is 9.17. The molecule has 0 amide bonds. The highest BCUT2D eigenvalue weighted by atomic mass is 16.5. The Labute approximate surface area is 168 Å². The normalized spacial score (nSPS) is 32.5. The highest BCUT2D eigenvalue weighted by Crippen LogP contribution is 2.87. The van der Waals surface area contributed by atoms with Gasteiger partial charge in [-0.25, -0.2) is 0 Å². The molecule has 2 aromatic rings. The lowest BCUT2D eigenvalue weighted by molar-refractivity contribution is 0.251. The van der Waals surface area contributed by atoms with Gasteiger partial charge in [-0.3, -0.25) is 0 Å². The molecule has 8 aliphatic carbocycles. The van der Waals surface area contributed by atoms with Gasteiger partial charge in [0.1, 0.15) is 5.41 Å². The zero-order valence-electron chi connectivity index (χ0n) is 15.6. The van der Waals surface area contributed by atoms with Gasteiger partial charge < -0.3 is 9.68 Å². The minimum atomic E-state index is -0.854. The van der Waals surface area contributed by atoms with Gasteiger partial charge >= 0.3 is 7.12 Å². The molecule has 0 radical (unpaired) electrons. The third kappa shape index (κ3) is 1.03. The molecule has 0 saturated heterocycles. The molecule has 2 atom stereocenters. The summed E-state index contributed by atoms with van der Waals surface area (Å²) in [6.45, 7) is 0. The molecule has 134 valence electrons. The lowest BCUT2D eigenvalue weighted by Crippen LogP contribution is -2.71. The molecule has 0 fully saturated rings. The van der Waals surface area contributed by atoms with Crippen molar-refractivity contribution in [2.24, 2.45) is 0 Å². The predicted octanol–water partition coefficient (Wildman–Crippen LogP) is 3.78. The summed E-state index contributed by atoms with van der Waals surface area (Å²) >= 11 is 0. The molecule has 0 saturated carbocycles. The van der Waals surface area contributed by atoms with Crippen LogP contribution in [0.5, 0.6) is 0 Å². The summed E-state index contributed by atoms with van der Waals surface area (Å²) in [4.78, 5) is 0. The van der Waals surface area contributed by atoms with Crippen LogP contribution in [0, 0.1) is 0 Å². The molecule has 29 heavy (non-hydrogen) atoms. The molecule has 11 rings (SSSR count). The predicted molar refractivity (Wildman–Crippen MR) is 110 cm³/mol. The van der Waals surface area contributed by atoms with E-state index in [1.54, 1.807) is 0 Å². The van der Waals surface area contributed by atoms with Gasteiger partial charge in [-0.2, -0.15) is 0 Å². The number of hydrogen-bond donors (Lipinski definition) is 1. The van der Waals surface area contributed by atoms with E-state index in [1.165, 1.54) is 55.7 Å². The third-order valence-corrected chi connectivity index (χ3v) is 8.44. The fraction of sp³-hybridized carbons (Fsp3) is 0.154. The van der Waals surface area contributed by atoms with Gasteiger partial charge in [-0.05, 0) is 74.6 Å². The highest BCUT2D eigenvalue weighted by Gasteiger charge is 2.81. The van der Waals surface area contributed by atoms with Crippen molar-refractivity contribution in [2.45, 2.75) is 23.7 Å². The van der Waals surface area contributed by atoms with Gasteiger partial charge in [0, 0.05) is 5.47 Å². The minimum absolute atomic E-state index is 0.0157. The SMILES string of the molecule is OB1OC2=CCc3ccccc3C23C2=C1C1=C4C3=C2C42C1=CCc1ccccc12. The van der Waals surface area contributed by atoms with Crippen molar-refractivity contribution in [2.75, 3.05) is 0 Å². The molecule has 8 bridgehead atoms. The smallest absolute Gasteiger partial charge is 0.535 e. The summed E-state index contributed by atoms with van der Waals surface area (Å²) in [5, 5.41) is 11.0. The second-order valence-corrected chi connectivity index (χ2v) is 9.17. The Morgan fingerprint density at radius 2 is 1.41 bits per heavy atom. The molecule has 2 aromatic carbocycles. The Morgan fingerprint density at radius 3 is 2.17 bits per heavy atom. The number of hydrogen-bond acceptors (Lipinski definition) is 2. The van der Waals surface area contributed by atoms with Crippen LogP contribution in [0.2, 0.25) is 0 Å². The van der Waals surface area contributed by atoms with Crippen LogP contribution in [0.15, 0.2) is 105 Å². The largest absolute Gasteiger partial charge is 0.560 e. The van der Waals surface area contributed by atoms with Crippen molar-refractivity contribution in [3.05, 3.63) is 128 Å². The average molecular weight is 370 g/mol. The maximum atomic E-state index is 11.0. The van der Waals surface area contributed by atoms with Crippen LogP contribution in [0.4, 0.5) is 0 Å². The summed E-state index contributed by atoms with van der Waals surface area (Å²) in [5.41, 5.74) is 14.9. The van der Waals surface area contributed by atoms with Gasteiger partial charge in [-0.1, -0.05) is 54.6 Å². The molecule has 2 spiro atoms. The van der Waals surface area contributed by atoms with Crippen molar-refractivity contribution in [1.82, 2.24) is 0 Å². The van der Waals surface area contributed by atoms with Crippen molar-refractivity contribution in [1.29, 1.82) is 0 Å². The summed E-state index contributed by atoms with van der Waals surface area (Å²) in [5.74, 6) is 0.948. The quantitative estimate of drug-likeness (QED) is 0.716. The fourth-order valence-electron chi connectivity index (χ4n) is 7.66. The molecule has 0 aromatic heterocycles. The van der Waals surface area contributed by atoms with Gasteiger partial charge in [0.25, 0.3) is 0 Å². The highest BCUT2D eigenvalue weighted by molar-refractivity contribution is 6.57. The van der Waals surface area contributed by atoms with Crippen LogP contribution in [0.1, 0.15) is 22.3 Å². The van der Waals surface area contributed by atoms with Gasteiger partial charge in [0.15, 0.2) is 0 Å². The second kappa shape index (κ2) is 3.86. The Bertz CT molecular complexity index is 1450. The molecule has 1 N–H and O–H groups in total. The zero-order valence-corrected chi connectivity index (χ0v) is 15.6. The van der Waals surface area contributed by atoms with Crippen LogP contribution in [0.25, 0.3) is 0 Å². The van der Waals surface area contributed by atoms with E-state index in [1.807, 2.05) is 0 Å². The standard InChI is InChI=1S/C26H15BO2/c28-27-24-19-17-11-9-13-5-1-3-7-15(13)25(17)20(19)21-22(25)23(24)26(21)16-8-4-2-6-14(16)10-12-18(26)29-27/h1-8,11-12,28H,9-10H2. The van der Waals surface area contributed by atoms with Crippen molar-refractivity contribution in [3.63, 3.8) is 0 Å². The molecule has 2 unspecified atom stereocenters. The Kier molecular flexibility index (Phi) is 1.87. The molecule has 2 nitrogen and oxygen atoms in total. The first kappa shape index (κ1) is 14.0. The van der Waals surface area contributed by atoms with Crippen molar-refractivity contribution in [3.8, 4) is 0 Å². The van der Waals surface area contributed by atoms with Gasteiger partial charge in [0.2, 0.25) is 0 Å². The monoisotopic (exact) mass is 370 g/mol. The molecule has 9 aliphatic rings. The average Bonchev–Trinajstić information content (AvgIpc) is 2.76. The minimum Gasteiger partial charge on any atom is -0.535 e. The van der Waals surface area contributed by atoms with Crippen LogP contribution in [-0.4, -0.2) is 12.1 Å². The first-order valence-corrected chi connectivity index (χ1v) is 10.5. The van der Waals surface area contributed by atoms with Crippen LogP contribution >= 0.6 is 0 Å². The maximum Gasteiger partial charge on any atom is 0.560 e. The van der Waals surface area contributed by atoms with E-state index in [-0.39, 0.29) is 10.8 Å².